The summed E-state index contributed by atoms with van der Waals surface area (Å²) in [4.78, 5) is 31.3. The molecule has 1 amide bonds. The highest BCUT2D eigenvalue weighted by Gasteiger charge is 2.39. The topological polar surface area (TPSA) is 192 Å². The van der Waals surface area contributed by atoms with Crippen molar-refractivity contribution in [2.45, 2.75) is 75.5 Å². The zero-order chi connectivity index (χ0) is 49.4. The van der Waals surface area contributed by atoms with Gasteiger partial charge in [0.1, 0.15) is 11.3 Å². The molecule has 4 aliphatic heterocycles. The normalized spacial score (nSPS) is 22.3. The number of rotatable bonds is 9. The van der Waals surface area contributed by atoms with Crippen molar-refractivity contribution in [1.29, 1.82) is 0 Å². The van der Waals surface area contributed by atoms with Gasteiger partial charge in [-0.3, -0.25) is 9.69 Å². The highest BCUT2D eigenvalue weighted by molar-refractivity contribution is 7.90. The standard InChI is InChI=1S/C52H64ClN9O8S/c1-52(2)29-42(34-6-8-36(53)9-7-34)43-32-60-22-21-59(31-39(60)33-68-23-5-25-69-48(43)30-52)38-10-12-41(45(27-38)61-18-4-24-70-51-47(61)26-35-14-17-54-49(35)56-51)50(63)57-71(66,67)40-11-13-44(46(28-40)62(64)65)55-37-15-19-58(3)20-16-37/h6-14,17,26-28,37,39,48,55,62,64H,4-5,15-16,18-25,29-33H2,1-3H3,(H,54,56)(H,57,63)/t39?,48-/m1/s1. The average molecular weight is 1010 g/mol. The first-order valence-electron chi connectivity index (χ1n) is 24.8. The van der Waals surface area contributed by atoms with E-state index in [1.165, 1.54) is 28.8 Å². The number of hydrogen-bond acceptors (Lipinski definition) is 14. The minimum absolute atomic E-state index is 0.0213. The molecule has 2 aromatic heterocycles. The number of carbonyl (C=O) groups excluding carboxylic acids is 1. The van der Waals surface area contributed by atoms with Gasteiger partial charge in [0.05, 0.1) is 47.2 Å². The first kappa shape index (κ1) is 49.3. The van der Waals surface area contributed by atoms with Gasteiger partial charge < -0.3 is 44.4 Å². The van der Waals surface area contributed by atoms with E-state index >= 15 is 0 Å². The molecule has 5 N–H and O–H groups in total. The van der Waals surface area contributed by atoms with E-state index in [1.807, 2.05) is 48.3 Å². The number of benzene rings is 3. The first-order valence-corrected chi connectivity index (χ1v) is 26.6. The minimum Gasteiger partial charge on any atom is -0.595 e. The highest BCUT2D eigenvalue weighted by Crippen LogP contribution is 2.46. The van der Waals surface area contributed by atoms with E-state index in [2.05, 4.69) is 55.7 Å². The molecule has 2 unspecified atom stereocenters. The second-order valence-electron chi connectivity index (χ2n) is 20.4. The smallest absolute Gasteiger partial charge is 0.267 e. The molecule has 3 atom stereocenters. The number of piperidine rings is 1. The number of anilines is 4. The highest BCUT2D eigenvalue weighted by atomic mass is 35.5. The monoisotopic (exact) mass is 1010 g/mol. The summed E-state index contributed by atoms with van der Waals surface area (Å²) in [6, 6.07) is 21.5. The number of aromatic amines is 1. The Balaban J connectivity index is 0.972. The van der Waals surface area contributed by atoms with Crippen molar-refractivity contribution in [3.05, 3.63) is 106 Å². The number of H-pyrrole nitrogens is 1. The molecular weight excluding hydrogens is 946 g/mol. The van der Waals surface area contributed by atoms with Gasteiger partial charge in [0, 0.05) is 80.3 Å². The summed E-state index contributed by atoms with van der Waals surface area (Å²) in [6.45, 7) is 11.7. The lowest BCUT2D eigenvalue weighted by Gasteiger charge is -2.45. The van der Waals surface area contributed by atoms with E-state index in [0.29, 0.717) is 86.1 Å². The van der Waals surface area contributed by atoms with Crippen LogP contribution in [0, 0.1) is 10.6 Å². The summed E-state index contributed by atoms with van der Waals surface area (Å²) in [5.74, 6) is -0.473. The number of piperazine rings is 1. The Morgan fingerprint density at radius 2 is 1.77 bits per heavy atom. The van der Waals surface area contributed by atoms with Crippen LogP contribution in [-0.4, -0.2) is 137 Å². The fourth-order valence-electron chi connectivity index (χ4n) is 10.8. The molecule has 5 aliphatic rings. The van der Waals surface area contributed by atoms with Crippen LogP contribution in [0.25, 0.3) is 16.6 Å². The van der Waals surface area contributed by atoms with Gasteiger partial charge >= 0.3 is 0 Å². The SMILES string of the molecule is CN1CCC(Nc2ccc(S(=O)(=O)NC(=O)c3ccc(N4CCN5CC6=C(c7ccc(Cl)cc7)CC(C)(C)C[C@H]6OCCCOCC5C4)cc3N3CCCOc4nc5[nH]ccc5cc43)cc2[NH+]([O-])O)CC1. The molecule has 3 aromatic carbocycles. The second kappa shape index (κ2) is 20.7. The van der Waals surface area contributed by atoms with Crippen LogP contribution < -0.4 is 29.8 Å². The molecule has 0 spiro atoms. The van der Waals surface area contributed by atoms with Crippen LogP contribution in [0.3, 0.4) is 0 Å². The Labute approximate surface area is 420 Å². The van der Waals surface area contributed by atoms with E-state index in [1.54, 1.807) is 12.3 Å². The van der Waals surface area contributed by atoms with Crippen LogP contribution in [0.5, 0.6) is 5.88 Å². The maximum Gasteiger partial charge on any atom is 0.267 e. The minimum atomic E-state index is -4.56. The molecule has 1 aliphatic carbocycles. The molecular formula is C52H64ClN9O8S. The van der Waals surface area contributed by atoms with Crippen molar-refractivity contribution in [1.82, 2.24) is 24.5 Å². The van der Waals surface area contributed by atoms with E-state index in [-0.39, 0.29) is 39.7 Å². The van der Waals surface area contributed by atoms with Crippen LogP contribution in [0.1, 0.15) is 68.3 Å². The van der Waals surface area contributed by atoms with Gasteiger partial charge in [-0.05, 0) is 135 Å². The molecule has 3 fully saturated rings. The number of nitrogens with one attached hydrogen (secondary N) is 4. The van der Waals surface area contributed by atoms with E-state index in [9.17, 15) is 23.6 Å². The average Bonchev–Trinajstić information content (AvgIpc) is 3.69. The number of nitrogens with zero attached hydrogens (tertiary/aromatic N) is 5. The number of ether oxygens (including phenoxy) is 3. The van der Waals surface area contributed by atoms with Gasteiger partial charge in [0.25, 0.3) is 15.9 Å². The summed E-state index contributed by atoms with van der Waals surface area (Å²) >= 11 is 6.38. The molecule has 17 nitrogen and oxygen atoms in total. The fourth-order valence-corrected chi connectivity index (χ4v) is 12.0. The molecule has 0 radical (unpaired) electrons. The van der Waals surface area contributed by atoms with Gasteiger partial charge in [-0.15, -0.1) is 0 Å². The molecule has 0 saturated carbocycles. The number of pyridine rings is 1. The van der Waals surface area contributed by atoms with Gasteiger partial charge in [-0.2, -0.15) is 10.2 Å². The summed E-state index contributed by atoms with van der Waals surface area (Å²) in [5, 5.41) is 26.4. The van der Waals surface area contributed by atoms with Crippen molar-refractivity contribution in [3.63, 3.8) is 0 Å². The Kier molecular flexibility index (Phi) is 14.4. The van der Waals surface area contributed by atoms with Crippen LogP contribution in [-0.2, 0) is 19.5 Å². The zero-order valence-corrected chi connectivity index (χ0v) is 42.2. The zero-order valence-electron chi connectivity index (χ0n) is 40.6. The summed E-state index contributed by atoms with van der Waals surface area (Å²) < 4.78 is 49.9. The lowest BCUT2D eigenvalue weighted by Crippen LogP contribution is -2.99. The predicted octanol–water partition coefficient (Wildman–Crippen LogP) is 6.74. The van der Waals surface area contributed by atoms with Crippen LogP contribution >= 0.6 is 11.6 Å². The quantitative estimate of drug-likeness (QED) is 0.0977. The van der Waals surface area contributed by atoms with Crippen LogP contribution in [0.2, 0.25) is 5.02 Å². The molecule has 3 saturated heterocycles. The molecule has 0 bridgehead atoms. The second-order valence-corrected chi connectivity index (χ2v) is 22.5. The molecule has 6 heterocycles. The van der Waals surface area contributed by atoms with E-state index < -0.39 is 21.2 Å². The number of sulfonamides is 1. The number of likely N-dealkylation sites (tertiary alicyclic amines) is 1. The van der Waals surface area contributed by atoms with E-state index in [0.717, 1.165) is 75.4 Å². The maximum absolute atomic E-state index is 14.6. The van der Waals surface area contributed by atoms with Gasteiger partial charge in [-0.1, -0.05) is 37.6 Å². The number of aromatic nitrogens is 2. The number of hydrogen-bond donors (Lipinski definition) is 5. The van der Waals surface area contributed by atoms with Crippen molar-refractivity contribution in [3.8, 4) is 5.88 Å². The first-order chi connectivity index (χ1) is 34.2. The fraction of sp³-hybridized carbons (Fsp3) is 0.462. The van der Waals surface area contributed by atoms with E-state index in [4.69, 9.17) is 30.8 Å². The van der Waals surface area contributed by atoms with Crippen molar-refractivity contribution < 1.29 is 37.9 Å². The molecule has 71 heavy (non-hydrogen) atoms. The largest absolute Gasteiger partial charge is 0.595 e. The lowest BCUT2D eigenvalue weighted by molar-refractivity contribution is -0.990. The number of amides is 1. The van der Waals surface area contributed by atoms with Gasteiger partial charge in [0.15, 0.2) is 5.69 Å². The Bertz CT molecular complexity index is 2890. The Hall–Kier alpha value is -5.28. The number of quaternary nitrogens is 1. The molecule has 10 rings (SSSR count). The predicted molar refractivity (Wildman–Crippen MR) is 275 cm³/mol. The summed E-state index contributed by atoms with van der Waals surface area (Å²) in [6.07, 6.45) is 6.64. The van der Waals surface area contributed by atoms with Crippen molar-refractivity contribution >= 4 is 72.6 Å². The third kappa shape index (κ3) is 10.9. The van der Waals surface area contributed by atoms with Gasteiger partial charge in [-0.25, -0.2) is 18.3 Å². The number of allylic oxidation sites excluding steroid dienone is 1. The third-order valence-corrected chi connectivity index (χ3v) is 16.2. The third-order valence-electron chi connectivity index (χ3n) is 14.7. The van der Waals surface area contributed by atoms with Crippen molar-refractivity contribution in [2.75, 3.05) is 94.4 Å². The van der Waals surface area contributed by atoms with Crippen LogP contribution in [0.4, 0.5) is 28.4 Å². The Morgan fingerprint density at radius 1 is 0.958 bits per heavy atom. The molecule has 378 valence electrons. The number of fused-ring (bicyclic) bond motifs is 4. The Morgan fingerprint density at radius 3 is 2.58 bits per heavy atom. The number of carbonyl (C=O) groups is 1. The summed E-state index contributed by atoms with van der Waals surface area (Å²) in [5.41, 5.74) is 6.72. The van der Waals surface area contributed by atoms with Crippen LogP contribution in [0.15, 0.2) is 89.5 Å². The lowest BCUT2D eigenvalue weighted by atomic mass is 9.71. The maximum atomic E-state index is 14.6. The molecule has 19 heteroatoms. The molecule has 5 aromatic rings. The summed E-state index contributed by atoms with van der Waals surface area (Å²) in [7, 11) is -2.52. The van der Waals surface area contributed by atoms with Gasteiger partial charge in [0.2, 0.25) is 5.88 Å². The number of halogens is 1. The van der Waals surface area contributed by atoms with Crippen molar-refractivity contribution in [2.24, 2.45) is 5.41 Å².